The lowest BCUT2D eigenvalue weighted by atomic mass is 10.9. The van der Waals surface area contributed by atoms with E-state index in [1.165, 1.54) is 0 Å². The summed E-state index contributed by atoms with van der Waals surface area (Å²) in [6, 6.07) is 0. The van der Waals surface area contributed by atoms with E-state index in [1.807, 2.05) is 0 Å². The smallest absolute Gasteiger partial charge is 0.378 e. The number of hydrogen-bond donors (Lipinski definition) is 0. The zero-order chi connectivity index (χ0) is 10.1. The maximum absolute atomic E-state index is 10.7. The average molecular weight is 242 g/mol. The highest BCUT2D eigenvalue weighted by Gasteiger charge is 2.08. The number of carbonyl (C=O) groups excluding carboxylic acids is 2. The molecule has 0 saturated heterocycles. The van der Waals surface area contributed by atoms with E-state index in [2.05, 4.69) is 9.47 Å². The second-order valence-electron chi connectivity index (χ2n) is 1.60. The molecule has 0 aromatic rings. The molecule has 76 valence electrons. The van der Waals surface area contributed by atoms with Gasteiger partial charge in [0, 0.05) is 21.6 Å². The van der Waals surface area contributed by atoms with Crippen LogP contribution < -0.4 is 0 Å². The Morgan fingerprint density at radius 3 is 1.69 bits per heavy atom. The van der Waals surface area contributed by atoms with Crippen molar-refractivity contribution in [3.63, 3.8) is 0 Å². The summed E-state index contributed by atoms with van der Waals surface area (Å²) in [6.07, 6.45) is 0. The second-order valence-corrected chi connectivity index (χ2v) is 5.37. The Labute approximate surface area is 88.3 Å². The van der Waals surface area contributed by atoms with Crippen molar-refractivity contribution in [1.82, 2.24) is 0 Å². The molecular formula is C6H10O4S3. The van der Waals surface area contributed by atoms with Crippen LogP contribution in [0.1, 0.15) is 13.8 Å². The Morgan fingerprint density at radius 1 is 1.00 bits per heavy atom. The first-order valence-electron chi connectivity index (χ1n) is 3.55. The van der Waals surface area contributed by atoms with E-state index < -0.39 is 10.6 Å². The minimum absolute atomic E-state index is 0.344. The third-order valence-corrected chi connectivity index (χ3v) is 3.82. The fourth-order valence-corrected chi connectivity index (χ4v) is 2.86. The van der Waals surface area contributed by atoms with Gasteiger partial charge in [-0.15, -0.1) is 0 Å². The molecule has 0 heterocycles. The van der Waals surface area contributed by atoms with Crippen molar-refractivity contribution >= 4 is 42.0 Å². The first kappa shape index (κ1) is 13.0. The molecule has 0 spiro atoms. The number of rotatable bonds is 4. The van der Waals surface area contributed by atoms with Crippen molar-refractivity contribution < 1.29 is 19.1 Å². The number of hydrogen-bond acceptors (Lipinski definition) is 7. The monoisotopic (exact) mass is 242 g/mol. The average Bonchev–Trinajstić information content (AvgIpc) is 2.05. The zero-order valence-electron chi connectivity index (χ0n) is 7.27. The molecule has 0 radical (unpaired) electrons. The van der Waals surface area contributed by atoms with Crippen LogP contribution >= 0.6 is 31.4 Å². The summed E-state index contributed by atoms with van der Waals surface area (Å²) in [5.41, 5.74) is 0. The second kappa shape index (κ2) is 8.58. The van der Waals surface area contributed by atoms with Crippen molar-refractivity contribution in [1.29, 1.82) is 0 Å². The predicted molar refractivity (Wildman–Crippen MR) is 56.8 cm³/mol. The fourth-order valence-electron chi connectivity index (χ4n) is 0.356. The summed E-state index contributed by atoms with van der Waals surface area (Å²) >= 11 is 0. The zero-order valence-corrected chi connectivity index (χ0v) is 9.72. The number of ether oxygens (including phenoxy) is 2. The molecule has 0 unspecified atom stereocenters. The van der Waals surface area contributed by atoms with Gasteiger partial charge in [-0.05, 0) is 23.7 Å². The van der Waals surface area contributed by atoms with Crippen LogP contribution in [-0.4, -0.2) is 23.8 Å². The van der Waals surface area contributed by atoms with Crippen LogP contribution in [0, 0.1) is 0 Å². The minimum Gasteiger partial charge on any atom is -0.457 e. The van der Waals surface area contributed by atoms with E-state index in [0.717, 1.165) is 31.4 Å². The van der Waals surface area contributed by atoms with Crippen LogP contribution in [-0.2, 0) is 9.47 Å². The Morgan fingerprint density at radius 2 is 1.38 bits per heavy atom. The van der Waals surface area contributed by atoms with Gasteiger partial charge in [-0.25, -0.2) is 9.59 Å². The van der Waals surface area contributed by atoms with Crippen molar-refractivity contribution in [3.8, 4) is 0 Å². The van der Waals surface area contributed by atoms with Crippen LogP contribution in [0.25, 0.3) is 0 Å². The predicted octanol–water partition coefficient (Wildman–Crippen LogP) is 3.33. The van der Waals surface area contributed by atoms with Gasteiger partial charge in [0.15, 0.2) is 0 Å². The van der Waals surface area contributed by atoms with Gasteiger partial charge in [0.05, 0.1) is 13.2 Å². The molecule has 0 aliphatic carbocycles. The molecule has 0 atom stereocenters. The molecule has 0 saturated carbocycles. The summed E-state index contributed by atoms with van der Waals surface area (Å²) in [7, 11) is 2.78. The summed E-state index contributed by atoms with van der Waals surface area (Å²) in [4.78, 5) is 21.5. The molecule has 13 heavy (non-hydrogen) atoms. The lowest BCUT2D eigenvalue weighted by Gasteiger charge is -1.99. The SMILES string of the molecule is CCOC(=O)SSSC(=O)OCC. The standard InChI is InChI=1S/C6H10O4S3/c1-3-9-5(7)11-13-12-6(8)10-4-2/h3-4H2,1-2H3. The summed E-state index contributed by atoms with van der Waals surface area (Å²) in [6.45, 7) is 4.14. The van der Waals surface area contributed by atoms with E-state index in [-0.39, 0.29) is 0 Å². The highest BCUT2D eigenvalue weighted by Crippen LogP contribution is 2.36. The molecule has 0 fully saturated rings. The van der Waals surface area contributed by atoms with Gasteiger partial charge in [0.25, 0.3) is 0 Å². The molecule has 7 heteroatoms. The first-order valence-corrected chi connectivity index (χ1v) is 7.03. The van der Waals surface area contributed by atoms with E-state index in [4.69, 9.17) is 0 Å². The largest absolute Gasteiger partial charge is 0.457 e. The van der Waals surface area contributed by atoms with Crippen LogP contribution in [0.3, 0.4) is 0 Å². The van der Waals surface area contributed by atoms with Crippen molar-refractivity contribution in [2.24, 2.45) is 0 Å². The van der Waals surface area contributed by atoms with E-state index in [0.29, 0.717) is 13.2 Å². The fraction of sp³-hybridized carbons (Fsp3) is 0.667. The van der Waals surface area contributed by atoms with E-state index in [1.54, 1.807) is 13.8 Å². The Bertz CT molecular complexity index is 155. The molecule has 0 amide bonds. The van der Waals surface area contributed by atoms with Gasteiger partial charge in [-0.1, -0.05) is 0 Å². The molecule has 0 aliphatic rings. The third kappa shape index (κ3) is 8.32. The van der Waals surface area contributed by atoms with Crippen molar-refractivity contribution in [2.45, 2.75) is 13.8 Å². The topological polar surface area (TPSA) is 52.6 Å². The van der Waals surface area contributed by atoms with E-state index in [9.17, 15) is 9.59 Å². The first-order chi connectivity index (χ1) is 6.20. The molecule has 0 aliphatic heterocycles. The summed E-state index contributed by atoms with van der Waals surface area (Å²) in [5.74, 6) is 0. The van der Waals surface area contributed by atoms with Gasteiger partial charge in [0.2, 0.25) is 0 Å². The lowest BCUT2D eigenvalue weighted by molar-refractivity contribution is 0.181. The highest BCUT2D eigenvalue weighted by atomic mass is 33.5. The highest BCUT2D eigenvalue weighted by molar-refractivity contribution is 9.14. The number of carbonyl (C=O) groups is 2. The molecule has 0 N–H and O–H groups in total. The Kier molecular flexibility index (Phi) is 8.58. The maximum Gasteiger partial charge on any atom is 0.378 e. The molecule has 4 nitrogen and oxygen atoms in total. The minimum atomic E-state index is -0.399. The van der Waals surface area contributed by atoms with Crippen LogP contribution in [0.2, 0.25) is 0 Å². The quantitative estimate of drug-likeness (QED) is 0.553. The van der Waals surface area contributed by atoms with Gasteiger partial charge < -0.3 is 9.47 Å². The van der Waals surface area contributed by atoms with Gasteiger partial charge in [-0.2, -0.15) is 0 Å². The Hall–Kier alpha value is -0.0100. The van der Waals surface area contributed by atoms with Crippen LogP contribution in [0.15, 0.2) is 0 Å². The molecular weight excluding hydrogens is 232 g/mol. The van der Waals surface area contributed by atoms with Crippen molar-refractivity contribution in [2.75, 3.05) is 13.2 Å². The maximum atomic E-state index is 10.7. The molecule has 0 bridgehead atoms. The normalized spacial score (nSPS) is 9.38. The summed E-state index contributed by atoms with van der Waals surface area (Å²) in [5, 5.41) is -0.798. The van der Waals surface area contributed by atoms with Crippen LogP contribution in [0.5, 0.6) is 0 Å². The van der Waals surface area contributed by atoms with Gasteiger partial charge in [0.1, 0.15) is 0 Å². The van der Waals surface area contributed by atoms with Gasteiger partial charge in [-0.3, -0.25) is 0 Å². The van der Waals surface area contributed by atoms with Crippen molar-refractivity contribution in [3.05, 3.63) is 0 Å². The van der Waals surface area contributed by atoms with Crippen LogP contribution in [0.4, 0.5) is 9.59 Å². The molecule has 0 aromatic heterocycles. The Balaban J connectivity index is 3.33. The lowest BCUT2D eigenvalue weighted by Crippen LogP contribution is -1.95. The third-order valence-electron chi connectivity index (χ3n) is 0.729. The molecule has 0 rings (SSSR count). The summed E-state index contributed by atoms with van der Waals surface area (Å²) < 4.78 is 9.24. The molecule has 0 aromatic carbocycles. The van der Waals surface area contributed by atoms with Gasteiger partial charge >= 0.3 is 10.6 Å². The van der Waals surface area contributed by atoms with E-state index >= 15 is 0 Å².